The summed E-state index contributed by atoms with van der Waals surface area (Å²) in [5.41, 5.74) is 3.68. The van der Waals surface area contributed by atoms with Crippen molar-refractivity contribution in [1.82, 2.24) is 10.7 Å². The minimum absolute atomic E-state index is 0.0391. The molecule has 10 heteroatoms. The standard InChI is InChI=1S/C23H28ClN5O4/c1-5-28(6-2)19-11-10-16(12-20(19)29(32)33)14-25-27-23(31)21(15(3)4)26-22(30)17-8-7-9-18(24)13-17/h7-15,21H,5-6H2,1-4H3,(H,26,30)(H,27,31). The van der Waals surface area contributed by atoms with Crippen LogP contribution in [0.1, 0.15) is 43.6 Å². The van der Waals surface area contributed by atoms with E-state index in [4.69, 9.17) is 11.6 Å². The second-order valence-corrected chi connectivity index (χ2v) is 8.05. The van der Waals surface area contributed by atoms with Gasteiger partial charge in [-0.1, -0.05) is 37.6 Å². The third-order valence-electron chi connectivity index (χ3n) is 5.01. The molecule has 0 aliphatic heterocycles. The van der Waals surface area contributed by atoms with E-state index in [1.165, 1.54) is 18.3 Å². The summed E-state index contributed by atoms with van der Waals surface area (Å²) in [4.78, 5) is 38.1. The Morgan fingerprint density at radius 1 is 1.18 bits per heavy atom. The normalized spacial score (nSPS) is 11.9. The number of hydrogen-bond acceptors (Lipinski definition) is 6. The molecule has 0 radical (unpaired) electrons. The van der Waals surface area contributed by atoms with Crippen LogP contribution >= 0.6 is 11.6 Å². The summed E-state index contributed by atoms with van der Waals surface area (Å²) in [6.07, 6.45) is 1.33. The van der Waals surface area contributed by atoms with E-state index in [0.29, 0.717) is 34.9 Å². The van der Waals surface area contributed by atoms with Crippen molar-refractivity contribution in [2.45, 2.75) is 33.7 Å². The van der Waals surface area contributed by atoms with Crippen LogP contribution in [0, 0.1) is 16.0 Å². The Hall–Kier alpha value is -3.46. The Bertz CT molecular complexity index is 1040. The number of halogens is 1. The molecular weight excluding hydrogens is 446 g/mol. The Labute approximate surface area is 198 Å². The van der Waals surface area contributed by atoms with E-state index < -0.39 is 22.8 Å². The van der Waals surface area contributed by atoms with Gasteiger partial charge in [0, 0.05) is 35.3 Å². The zero-order chi connectivity index (χ0) is 24.5. The van der Waals surface area contributed by atoms with Crippen LogP contribution in [0.5, 0.6) is 0 Å². The molecule has 0 bridgehead atoms. The van der Waals surface area contributed by atoms with Crippen molar-refractivity contribution in [1.29, 1.82) is 0 Å². The minimum atomic E-state index is -0.840. The van der Waals surface area contributed by atoms with E-state index in [1.807, 2.05) is 18.7 Å². The van der Waals surface area contributed by atoms with Gasteiger partial charge in [-0.25, -0.2) is 5.43 Å². The summed E-state index contributed by atoms with van der Waals surface area (Å²) in [5, 5.41) is 18.5. The predicted molar refractivity (Wildman–Crippen MR) is 130 cm³/mol. The first kappa shape index (κ1) is 25.8. The molecule has 33 heavy (non-hydrogen) atoms. The lowest BCUT2D eigenvalue weighted by molar-refractivity contribution is -0.384. The van der Waals surface area contributed by atoms with Gasteiger partial charge in [-0.05, 0) is 44.0 Å². The first-order valence-electron chi connectivity index (χ1n) is 10.6. The maximum Gasteiger partial charge on any atom is 0.293 e. The maximum absolute atomic E-state index is 12.6. The monoisotopic (exact) mass is 473 g/mol. The van der Waals surface area contributed by atoms with E-state index in [1.54, 1.807) is 44.2 Å². The van der Waals surface area contributed by atoms with E-state index in [9.17, 15) is 19.7 Å². The maximum atomic E-state index is 12.6. The van der Waals surface area contributed by atoms with Crippen LogP contribution in [0.15, 0.2) is 47.6 Å². The third-order valence-corrected chi connectivity index (χ3v) is 5.25. The summed E-state index contributed by atoms with van der Waals surface area (Å²) in [6.45, 7) is 8.71. The van der Waals surface area contributed by atoms with Crippen LogP contribution in [-0.4, -0.2) is 42.1 Å². The van der Waals surface area contributed by atoms with Gasteiger partial charge in [0.25, 0.3) is 17.5 Å². The Kier molecular flexibility index (Phi) is 9.35. The summed E-state index contributed by atoms with van der Waals surface area (Å²) in [7, 11) is 0. The van der Waals surface area contributed by atoms with Gasteiger partial charge in [0.05, 0.1) is 11.1 Å². The number of carbonyl (C=O) groups is 2. The van der Waals surface area contributed by atoms with Gasteiger partial charge in [0.15, 0.2) is 0 Å². The van der Waals surface area contributed by atoms with Crippen LogP contribution < -0.4 is 15.6 Å². The van der Waals surface area contributed by atoms with Gasteiger partial charge in [-0.2, -0.15) is 5.10 Å². The van der Waals surface area contributed by atoms with Crippen LogP contribution in [-0.2, 0) is 4.79 Å². The number of amides is 2. The van der Waals surface area contributed by atoms with E-state index in [2.05, 4.69) is 15.8 Å². The second-order valence-electron chi connectivity index (χ2n) is 7.62. The molecular formula is C23H28ClN5O4. The summed E-state index contributed by atoms with van der Waals surface area (Å²) < 4.78 is 0. The number of nitrogens with zero attached hydrogens (tertiary/aromatic N) is 3. The topological polar surface area (TPSA) is 117 Å². The number of nitro benzene ring substituents is 1. The minimum Gasteiger partial charge on any atom is -0.367 e. The Morgan fingerprint density at radius 2 is 1.88 bits per heavy atom. The number of anilines is 1. The van der Waals surface area contributed by atoms with E-state index in [-0.39, 0.29) is 11.6 Å². The molecule has 0 heterocycles. The zero-order valence-electron chi connectivity index (χ0n) is 19.0. The molecule has 0 spiro atoms. The largest absolute Gasteiger partial charge is 0.367 e. The third kappa shape index (κ3) is 7.01. The van der Waals surface area contributed by atoms with Crippen molar-refractivity contribution >= 4 is 41.0 Å². The summed E-state index contributed by atoms with van der Waals surface area (Å²) >= 11 is 5.93. The lowest BCUT2D eigenvalue weighted by atomic mass is 10.0. The number of nitro groups is 1. The van der Waals surface area contributed by atoms with E-state index in [0.717, 1.165) is 0 Å². The van der Waals surface area contributed by atoms with Crippen LogP contribution in [0.3, 0.4) is 0 Å². The molecule has 0 aliphatic carbocycles. The number of hydrazone groups is 1. The lowest BCUT2D eigenvalue weighted by Crippen LogP contribution is -2.48. The zero-order valence-corrected chi connectivity index (χ0v) is 19.8. The Balaban J connectivity index is 2.12. The average molecular weight is 474 g/mol. The van der Waals surface area contributed by atoms with Crippen molar-refractivity contribution in [2.24, 2.45) is 11.0 Å². The van der Waals surface area contributed by atoms with Gasteiger partial charge in [0.2, 0.25) is 0 Å². The molecule has 0 saturated carbocycles. The number of nitrogens with one attached hydrogen (secondary N) is 2. The molecule has 2 amide bonds. The van der Waals surface area contributed by atoms with Crippen molar-refractivity contribution in [3.05, 3.63) is 68.7 Å². The Morgan fingerprint density at radius 3 is 2.45 bits per heavy atom. The van der Waals surface area contributed by atoms with Crippen LogP contribution in [0.2, 0.25) is 5.02 Å². The fourth-order valence-electron chi connectivity index (χ4n) is 3.23. The van der Waals surface area contributed by atoms with Crippen molar-refractivity contribution in [3.63, 3.8) is 0 Å². The molecule has 2 aromatic carbocycles. The first-order chi connectivity index (χ1) is 15.7. The number of rotatable bonds is 10. The highest BCUT2D eigenvalue weighted by Crippen LogP contribution is 2.28. The fraction of sp³-hybridized carbons (Fsp3) is 0.348. The lowest BCUT2D eigenvalue weighted by Gasteiger charge is -2.21. The summed E-state index contributed by atoms with van der Waals surface area (Å²) in [6, 6.07) is 10.3. The van der Waals surface area contributed by atoms with Gasteiger partial charge in [0.1, 0.15) is 11.7 Å². The second kappa shape index (κ2) is 12.0. The molecule has 2 N–H and O–H groups in total. The fourth-order valence-corrected chi connectivity index (χ4v) is 3.42. The molecule has 0 fully saturated rings. The molecule has 1 atom stereocenters. The molecule has 2 rings (SSSR count). The number of benzene rings is 2. The first-order valence-corrected chi connectivity index (χ1v) is 11.0. The molecule has 9 nitrogen and oxygen atoms in total. The SMILES string of the molecule is CCN(CC)c1ccc(C=NNC(=O)C(NC(=O)c2cccc(Cl)c2)C(C)C)cc1[N+](=O)[O-]. The molecule has 0 saturated heterocycles. The number of carbonyl (C=O) groups excluding carboxylic acids is 2. The van der Waals surface area contributed by atoms with Gasteiger partial charge in [-0.3, -0.25) is 19.7 Å². The van der Waals surface area contributed by atoms with Gasteiger partial charge >= 0.3 is 0 Å². The molecule has 0 aliphatic rings. The van der Waals surface area contributed by atoms with E-state index >= 15 is 0 Å². The quantitative estimate of drug-likeness (QED) is 0.307. The average Bonchev–Trinajstić information content (AvgIpc) is 2.78. The highest BCUT2D eigenvalue weighted by molar-refractivity contribution is 6.31. The summed E-state index contributed by atoms with van der Waals surface area (Å²) in [5.74, 6) is -1.15. The molecule has 1 unspecified atom stereocenters. The highest BCUT2D eigenvalue weighted by Gasteiger charge is 2.24. The molecule has 2 aromatic rings. The molecule has 176 valence electrons. The highest BCUT2D eigenvalue weighted by atomic mass is 35.5. The van der Waals surface area contributed by atoms with Crippen molar-refractivity contribution in [2.75, 3.05) is 18.0 Å². The predicted octanol–water partition coefficient (Wildman–Crippen LogP) is 4.00. The van der Waals surface area contributed by atoms with Crippen LogP contribution in [0.25, 0.3) is 0 Å². The van der Waals surface area contributed by atoms with Crippen molar-refractivity contribution in [3.8, 4) is 0 Å². The van der Waals surface area contributed by atoms with Crippen molar-refractivity contribution < 1.29 is 14.5 Å². The number of hydrogen-bond donors (Lipinski definition) is 2. The molecule has 0 aromatic heterocycles. The van der Waals surface area contributed by atoms with Gasteiger partial charge in [-0.15, -0.1) is 0 Å². The van der Waals surface area contributed by atoms with Crippen LogP contribution in [0.4, 0.5) is 11.4 Å². The van der Waals surface area contributed by atoms with Gasteiger partial charge < -0.3 is 10.2 Å². The smallest absolute Gasteiger partial charge is 0.293 e.